The van der Waals surface area contributed by atoms with Crippen molar-refractivity contribution in [3.8, 4) is 5.88 Å². The van der Waals surface area contributed by atoms with Gasteiger partial charge >= 0.3 is 5.97 Å². The number of esters is 1. The zero-order valence-corrected chi connectivity index (χ0v) is 15.1. The molecule has 0 saturated heterocycles. The Labute approximate surface area is 153 Å². The van der Waals surface area contributed by atoms with Gasteiger partial charge in [0.1, 0.15) is 5.56 Å². The molecule has 6 nitrogen and oxygen atoms in total. The predicted octanol–water partition coefficient (Wildman–Crippen LogP) is 3.71. The molecule has 1 heterocycles. The van der Waals surface area contributed by atoms with Crippen LogP contribution in [-0.2, 0) is 16.1 Å². The van der Waals surface area contributed by atoms with Gasteiger partial charge in [-0.3, -0.25) is 4.68 Å². The molecule has 1 N–H and O–H groups in total. The SMILES string of the molecule is CCOC(=O)c1cn([C@H]2CC[C@H](COCc3ccccc3)CC2)nc1O. The van der Waals surface area contributed by atoms with Crippen molar-refractivity contribution in [1.82, 2.24) is 9.78 Å². The summed E-state index contributed by atoms with van der Waals surface area (Å²) < 4.78 is 12.5. The maximum atomic E-state index is 11.8. The van der Waals surface area contributed by atoms with Crippen molar-refractivity contribution in [2.45, 2.75) is 45.3 Å². The van der Waals surface area contributed by atoms with Crippen LogP contribution >= 0.6 is 0 Å². The van der Waals surface area contributed by atoms with Crippen LogP contribution < -0.4 is 0 Å². The fourth-order valence-corrected chi connectivity index (χ4v) is 3.42. The maximum Gasteiger partial charge on any atom is 0.345 e. The normalized spacial score (nSPS) is 20.0. The summed E-state index contributed by atoms with van der Waals surface area (Å²) in [5.41, 5.74) is 1.33. The monoisotopic (exact) mass is 358 g/mol. The lowest BCUT2D eigenvalue weighted by molar-refractivity contribution is 0.0523. The molecule has 1 aromatic heterocycles. The molecule has 0 spiro atoms. The largest absolute Gasteiger partial charge is 0.492 e. The van der Waals surface area contributed by atoms with Crippen LogP contribution in [0.4, 0.5) is 0 Å². The molecule has 140 valence electrons. The molecule has 0 atom stereocenters. The fourth-order valence-electron chi connectivity index (χ4n) is 3.42. The number of hydrogen-bond donors (Lipinski definition) is 1. The number of rotatable bonds is 7. The Morgan fingerprint density at radius 2 is 1.96 bits per heavy atom. The molecule has 1 saturated carbocycles. The van der Waals surface area contributed by atoms with Crippen molar-refractivity contribution < 1.29 is 19.4 Å². The molecule has 6 heteroatoms. The van der Waals surface area contributed by atoms with Crippen molar-refractivity contribution in [1.29, 1.82) is 0 Å². The summed E-state index contributed by atoms with van der Waals surface area (Å²) >= 11 is 0. The summed E-state index contributed by atoms with van der Waals surface area (Å²) in [4.78, 5) is 11.8. The minimum Gasteiger partial charge on any atom is -0.492 e. The molecule has 1 aromatic carbocycles. The van der Waals surface area contributed by atoms with E-state index in [-0.39, 0.29) is 24.1 Å². The van der Waals surface area contributed by atoms with E-state index in [2.05, 4.69) is 17.2 Å². The molecule has 0 amide bonds. The van der Waals surface area contributed by atoms with Crippen LogP contribution in [0.1, 0.15) is 54.6 Å². The van der Waals surface area contributed by atoms with E-state index in [1.807, 2.05) is 18.2 Å². The van der Waals surface area contributed by atoms with Crippen molar-refractivity contribution in [3.63, 3.8) is 0 Å². The first-order valence-electron chi connectivity index (χ1n) is 9.24. The minimum atomic E-state index is -0.528. The first kappa shape index (κ1) is 18.5. The lowest BCUT2D eigenvalue weighted by Crippen LogP contribution is -2.21. The molecule has 0 unspecified atom stereocenters. The van der Waals surface area contributed by atoms with Gasteiger partial charge in [-0.1, -0.05) is 30.3 Å². The smallest absolute Gasteiger partial charge is 0.345 e. The zero-order valence-electron chi connectivity index (χ0n) is 15.1. The lowest BCUT2D eigenvalue weighted by Gasteiger charge is -2.28. The number of benzene rings is 1. The third kappa shape index (κ3) is 4.64. The lowest BCUT2D eigenvalue weighted by atomic mass is 9.86. The number of hydrogen-bond acceptors (Lipinski definition) is 5. The summed E-state index contributed by atoms with van der Waals surface area (Å²) in [6.07, 6.45) is 5.62. The summed E-state index contributed by atoms with van der Waals surface area (Å²) in [6.45, 7) is 3.43. The summed E-state index contributed by atoms with van der Waals surface area (Å²) in [6, 6.07) is 10.4. The van der Waals surface area contributed by atoms with E-state index in [4.69, 9.17) is 9.47 Å². The van der Waals surface area contributed by atoms with Crippen molar-refractivity contribution in [3.05, 3.63) is 47.7 Å². The molecule has 0 radical (unpaired) electrons. The molecule has 0 aliphatic heterocycles. The molecular formula is C20H26N2O4. The number of carbonyl (C=O) groups excluding carboxylic acids is 1. The highest BCUT2D eigenvalue weighted by Crippen LogP contribution is 2.33. The Kier molecular flexibility index (Phi) is 6.28. The Morgan fingerprint density at radius 3 is 2.65 bits per heavy atom. The number of nitrogens with zero attached hydrogens (tertiary/aromatic N) is 2. The highest BCUT2D eigenvalue weighted by Gasteiger charge is 2.26. The molecular weight excluding hydrogens is 332 g/mol. The Bertz CT molecular complexity index is 706. The topological polar surface area (TPSA) is 73.6 Å². The van der Waals surface area contributed by atoms with E-state index >= 15 is 0 Å². The van der Waals surface area contributed by atoms with Crippen LogP contribution in [0.15, 0.2) is 36.5 Å². The molecule has 0 bridgehead atoms. The average molecular weight is 358 g/mol. The second-order valence-corrected chi connectivity index (χ2v) is 6.74. The standard InChI is InChI=1S/C20H26N2O4/c1-2-26-20(24)18-12-22(21-19(18)23)17-10-8-16(9-11-17)14-25-13-15-6-4-3-5-7-15/h3-7,12,16-17H,2,8-11,13-14H2,1H3,(H,21,23)/t16-,17-. The molecule has 1 aliphatic rings. The molecule has 26 heavy (non-hydrogen) atoms. The van der Waals surface area contributed by atoms with Gasteiger partial charge in [0.25, 0.3) is 0 Å². The van der Waals surface area contributed by atoms with Gasteiger partial charge in [0.05, 0.1) is 19.3 Å². The van der Waals surface area contributed by atoms with Gasteiger partial charge in [-0.2, -0.15) is 0 Å². The summed E-state index contributed by atoms with van der Waals surface area (Å²) in [5.74, 6) is -0.236. The van der Waals surface area contributed by atoms with E-state index < -0.39 is 5.97 Å². The van der Waals surface area contributed by atoms with Crippen LogP contribution in [0.25, 0.3) is 0 Å². The number of ether oxygens (including phenoxy) is 2. The fraction of sp³-hybridized carbons (Fsp3) is 0.500. The van der Waals surface area contributed by atoms with Crippen LogP contribution in [-0.4, -0.2) is 34.1 Å². The molecule has 3 rings (SSSR count). The van der Waals surface area contributed by atoms with Crippen LogP contribution in [0.5, 0.6) is 5.88 Å². The zero-order chi connectivity index (χ0) is 18.4. The highest BCUT2D eigenvalue weighted by atomic mass is 16.5. The van der Waals surface area contributed by atoms with Gasteiger partial charge in [-0.05, 0) is 44.1 Å². The van der Waals surface area contributed by atoms with Crippen molar-refractivity contribution in [2.75, 3.05) is 13.2 Å². The van der Waals surface area contributed by atoms with Gasteiger partial charge in [0.15, 0.2) is 0 Å². The van der Waals surface area contributed by atoms with Gasteiger partial charge in [-0.25, -0.2) is 4.79 Å². The minimum absolute atomic E-state index is 0.139. The first-order chi connectivity index (χ1) is 12.7. The quantitative estimate of drug-likeness (QED) is 0.764. The summed E-state index contributed by atoms with van der Waals surface area (Å²) in [7, 11) is 0. The summed E-state index contributed by atoms with van der Waals surface area (Å²) in [5, 5.41) is 14.0. The third-order valence-corrected chi connectivity index (χ3v) is 4.86. The van der Waals surface area contributed by atoms with E-state index in [1.165, 1.54) is 5.56 Å². The van der Waals surface area contributed by atoms with E-state index in [1.54, 1.807) is 17.8 Å². The molecule has 2 aromatic rings. The molecule has 1 aliphatic carbocycles. The van der Waals surface area contributed by atoms with E-state index in [0.29, 0.717) is 12.5 Å². The number of aromatic nitrogens is 2. The van der Waals surface area contributed by atoms with Crippen LogP contribution in [0.3, 0.4) is 0 Å². The van der Waals surface area contributed by atoms with Crippen molar-refractivity contribution in [2.24, 2.45) is 5.92 Å². The van der Waals surface area contributed by atoms with Crippen LogP contribution in [0.2, 0.25) is 0 Å². The third-order valence-electron chi connectivity index (χ3n) is 4.86. The number of aromatic hydroxyl groups is 1. The molecule has 1 fully saturated rings. The van der Waals surface area contributed by atoms with Gasteiger partial charge in [-0.15, -0.1) is 5.10 Å². The van der Waals surface area contributed by atoms with Gasteiger partial charge in [0.2, 0.25) is 5.88 Å². The van der Waals surface area contributed by atoms with Gasteiger partial charge in [0, 0.05) is 12.8 Å². The van der Waals surface area contributed by atoms with E-state index in [0.717, 1.165) is 32.3 Å². The maximum absolute atomic E-state index is 11.8. The highest BCUT2D eigenvalue weighted by molar-refractivity contribution is 5.91. The van der Waals surface area contributed by atoms with Crippen molar-refractivity contribution >= 4 is 5.97 Å². The Balaban J connectivity index is 1.46. The average Bonchev–Trinajstić information content (AvgIpc) is 3.05. The number of carbonyl (C=O) groups is 1. The second-order valence-electron chi connectivity index (χ2n) is 6.74. The second kappa shape index (κ2) is 8.85. The predicted molar refractivity (Wildman–Crippen MR) is 96.9 cm³/mol. The Morgan fingerprint density at radius 1 is 1.23 bits per heavy atom. The van der Waals surface area contributed by atoms with Gasteiger partial charge < -0.3 is 14.6 Å². The van der Waals surface area contributed by atoms with E-state index in [9.17, 15) is 9.90 Å². The Hall–Kier alpha value is -2.34. The van der Waals surface area contributed by atoms with Crippen LogP contribution in [0, 0.1) is 5.92 Å². The first-order valence-corrected chi connectivity index (χ1v) is 9.24.